The van der Waals surface area contributed by atoms with Crippen molar-refractivity contribution in [3.8, 4) is 0 Å². The summed E-state index contributed by atoms with van der Waals surface area (Å²) in [7, 11) is -3.45. The standard InChI is InChI=1S/C9H13ClN2O2S/c1-2-5-12-15(13,14)9-4-3-8(6-10)7-11-9/h3-4,7,12H,2,5-6H2,1H3. The van der Waals surface area contributed by atoms with Crippen molar-refractivity contribution in [2.45, 2.75) is 24.3 Å². The minimum Gasteiger partial charge on any atom is -0.243 e. The molecule has 0 aromatic carbocycles. The van der Waals surface area contributed by atoms with Crippen LogP contribution in [0.1, 0.15) is 18.9 Å². The molecule has 1 rings (SSSR count). The molecule has 4 nitrogen and oxygen atoms in total. The van der Waals surface area contributed by atoms with Crippen LogP contribution in [0.15, 0.2) is 23.4 Å². The summed E-state index contributed by atoms with van der Waals surface area (Å²) in [6, 6.07) is 3.11. The molecule has 0 aliphatic heterocycles. The summed E-state index contributed by atoms with van der Waals surface area (Å²) in [5.74, 6) is 0.329. The predicted octanol–water partition coefficient (Wildman–Crippen LogP) is 1.51. The van der Waals surface area contributed by atoms with Gasteiger partial charge in [0.15, 0.2) is 5.03 Å². The summed E-state index contributed by atoms with van der Waals surface area (Å²) in [5, 5.41) is 0.0322. The Morgan fingerprint density at radius 3 is 2.67 bits per heavy atom. The van der Waals surface area contributed by atoms with Crippen LogP contribution in [0.4, 0.5) is 0 Å². The third kappa shape index (κ3) is 3.44. The normalized spacial score (nSPS) is 11.6. The predicted molar refractivity (Wildman–Crippen MR) is 59.3 cm³/mol. The highest BCUT2D eigenvalue weighted by atomic mass is 35.5. The van der Waals surface area contributed by atoms with Crippen molar-refractivity contribution >= 4 is 21.6 Å². The first-order valence-corrected chi connectivity index (χ1v) is 6.62. The average molecular weight is 249 g/mol. The van der Waals surface area contributed by atoms with E-state index in [1.165, 1.54) is 12.3 Å². The number of halogens is 1. The van der Waals surface area contributed by atoms with Gasteiger partial charge in [-0.3, -0.25) is 0 Å². The van der Waals surface area contributed by atoms with Crippen LogP contribution in [0.5, 0.6) is 0 Å². The van der Waals surface area contributed by atoms with E-state index >= 15 is 0 Å². The van der Waals surface area contributed by atoms with E-state index in [9.17, 15) is 8.42 Å². The van der Waals surface area contributed by atoms with Crippen molar-refractivity contribution in [1.29, 1.82) is 0 Å². The smallest absolute Gasteiger partial charge is 0.243 e. The van der Waals surface area contributed by atoms with Gasteiger partial charge in [-0.25, -0.2) is 18.1 Å². The molecule has 0 atom stereocenters. The Labute approximate surface area is 94.7 Å². The number of aromatic nitrogens is 1. The van der Waals surface area contributed by atoms with Gasteiger partial charge >= 0.3 is 0 Å². The lowest BCUT2D eigenvalue weighted by Crippen LogP contribution is -2.25. The second-order valence-electron chi connectivity index (χ2n) is 3.04. The van der Waals surface area contributed by atoms with Crippen LogP contribution in [0.2, 0.25) is 0 Å². The van der Waals surface area contributed by atoms with E-state index in [-0.39, 0.29) is 5.03 Å². The Morgan fingerprint density at radius 2 is 2.20 bits per heavy atom. The number of hydrogen-bond donors (Lipinski definition) is 1. The fourth-order valence-corrected chi connectivity index (χ4v) is 2.18. The Morgan fingerprint density at radius 1 is 1.47 bits per heavy atom. The first kappa shape index (κ1) is 12.4. The van der Waals surface area contributed by atoms with E-state index in [2.05, 4.69) is 9.71 Å². The van der Waals surface area contributed by atoms with Crippen LogP contribution < -0.4 is 4.72 Å². The van der Waals surface area contributed by atoms with Crippen molar-refractivity contribution in [1.82, 2.24) is 9.71 Å². The quantitative estimate of drug-likeness (QED) is 0.804. The molecule has 1 aromatic heterocycles. The molecule has 1 heterocycles. The fraction of sp³-hybridized carbons (Fsp3) is 0.444. The number of alkyl halides is 1. The van der Waals surface area contributed by atoms with Gasteiger partial charge in [0.05, 0.1) is 0 Å². The van der Waals surface area contributed by atoms with E-state index in [1.807, 2.05) is 6.92 Å². The molecular formula is C9H13ClN2O2S. The maximum Gasteiger partial charge on any atom is 0.258 e. The van der Waals surface area contributed by atoms with Crippen molar-refractivity contribution in [2.24, 2.45) is 0 Å². The average Bonchev–Trinajstić information content (AvgIpc) is 2.26. The summed E-state index contributed by atoms with van der Waals surface area (Å²) < 4.78 is 25.6. The molecule has 0 unspecified atom stereocenters. The Hall–Kier alpha value is -0.650. The van der Waals surface area contributed by atoms with Gasteiger partial charge in [-0.1, -0.05) is 13.0 Å². The summed E-state index contributed by atoms with van der Waals surface area (Å²) in [6.07, 6.45) is 2.21. The summed E-state index contributed by atoms with van der Waals surface area (Å²) in [5.41, 5.74) is 0.797. The highest BCUT2D eigenvalue weighted by Gasteiger charge is 2.13. The second kappa shape index (κ2) is 5.44. The molecule has 0 bridgehead atoms. The van der Waals surface area contributed by atoms with Crippen LogP contribution in [0.25, 0.3) is 0 Å². The lowest BCUT2D eigenvalue weighted by atomic mass is 10.3. The van der Waals surface area contributed by atoms with E-state index in [1.54, 1.807) is 6.07 Å². The molecule has 0 aliphatic rings. The third-order valence-electron chi connectivity index (χ3n) is 1.77. The molecule has 0 fully saturated rings. The maximum absolute atomic E-state index is 11.6. The first-order chi connectivity index (χ1) is 7.10. The Kier molecular flexibility index (Phi) is 4.50. The Bertz CT molecular complexity index is 403. The highest BCUT2D eigenvalue weighted by molar-refractivity contribution is 7.89. The van der Waals surface area contributed by atoms with Gasteiger partial charge in [-0.05, 0) is 18.1 Å². The topological polar surface area (TPSA) is 59.1 Å². The van der Waals surface area contributed by atoms with Crippen LogP contribution in [0, 0.1) is 0 Å². The molecule has 0 radical (unpaired) electrons. The van der Waals surface area contributed by atoms with Crippen LogP contribution in [0.3, 0.4) is 0 Å². The van der Waals surface area contributed by atoms with Crippen molar-refractivity contribution in [2.75, 3.05) is 6.54 Å². The fourth-order valence-electron chi connectivity index (χ4n) is 0.959. The lowest BCUT2D eigenvalue weighted by Gasteiger charge is -2.04. The molecule has 1 N–H and O–H groups in total. The van der Waals surface area contributed by atoms with Gasteiger partial charge in [0.2, 0.25) is 0 Å². The minimum absolute atomic E-state index is 0.0322. The summed E-state index contributed by atoms with van der Waals surface area (Å²) in [6.45, 7) is 2.31. The van der Waals surface area contributed by atoms with Crippen molar-refractivity contribution in [3.63, 3.8) is 0 Å². The number of nitrogens with zero attached hydrogens (tertiary/aromatic N) is 1. The van der Waals surface area contributed by atoms with Gasteiger partial charge < -0.3 is 0 Å². The van der Waals surface area contributed by atoms with Gasteiger partial charge in [0.25, 0.3) is 10.0 Å². The van der Waals surface area contributed by atoms with E-state index in [0.29, 0.717) is 12.4 Å². The zero-order chi connectivity index (χ0) is 11.3. The molecule has 0 amide bonds. The summed E-state index contributed by atoms with van der Waals surface area (Å²) >= 11 is 5.57. The van der Waals surface area contributed by atoms with Crippen LogP contribution in [-0.4, -0.2) is 19.9 Å². The van der Waals surface area contributed by atoms with E-state index < -0.39 is 10.0 Å². The molecular weight excluding hydrogens is 236 g/mol. The van der Waals surface area contributed by atoms with Gasteiger partial charge in [0.1, 0.15) is 0 Å². The number of sulfonamides is 1. The Balaban J connectivity index is 2.86. The van der Waals surface area contributed by atoms with Gasteiger partial charge in [-0.15, -0.1) is 11.6 Å². The summed E-state index contributed by atoms with van der Waals surface area (Å²) in [4.78, 5) is 3.84. The zero-order valence-corrected chi connectivity index (χ0v) is 9.98. The molecule has 6 heteroatoms. The third-order valence-corrected chi connectivity index (χ3v) is 3.45. The van der Waals surface area contributed by atoms with E-state index in [0.717, 1.165) is 12.0 Å². The van der Waals surface area contributed by atoms with E-state index in [4.69, 9.17) is 11.6 Å². The molecule has 0 saturated carbocycles. The molecule has 0 spiro atoms. The number of rotatable bonds is 5. The van der Waals surface area contributed by atoms with Gasteiger partial charge in [-0.2, -0.15) is 0 Å². The zero-order valence-electron chi connectivity index (χ0n) is 8.40. The lowest BCUT2D eigenvalue weighted by molar-refractivity contribution is 0.577. The largest absolute Gasteiger partial charge is 0.258 e. The van der Waals surface area contributed by atoms with Crippen LogP contribution >= 0.6 is 11.6 Å². The molecule has 0 aliphatic carbocycles. The molecule has 15 heavy (non-hydrogen) atoms. The SMILES string of the molecule is CCCNS(=O)(=O)c1ccc(CCl)cn1. The number of nitrogens with one attached hydrogen (secondary N) is 1. The van der Waals surface area contributed by atoms with Crippen molar-refractivity contribution < 1.29 is 8.42 Å². The monoisotopic (exact) mass is 248 g/mol. The minimum atomic E-state index is -3.45. The maximum atomic E-state index is 11.6. The second-order valence-corrected chi connectivity index (χ2v) is 5.02. The van der Waals surface area contributed by atoms with Crippen molar-refractivity contribution in [3.05, 3.63) is 23.9 Å². The molecule has 84 valence electrons. The number of hydrogen-bond acceptors (Lipinski definition) is 3. The molecule has 1 aromatic rings. The van der Waals surface area contributed by atoms with Crippen LogP contribution in [-0.2, 0) is 15.9 Å². The van der Waals surface area contributed by atoms with Gasteiger partial charge in [0, 0.05) is 18.6 Å². The highest BCUT2D eigenvalue weighted by Crippen LogP contribution is 2.07. The number of pyridine rings is 1. The first-order valence-electron chi connectivity index (χ1n) is 4.60. The molecule has 0 saturated heterocycles.